The molecule has 8 heteroatoms. The van der Waals surface area contributed by atoms with Crippen LogP contribution in [0.25, 0.3) is 0 Å². The summed E-state index contributed by atoms with van der Waals surface area (Å²) in [4.78, 5) is 25.3. The van der Waals surface area contributed by atoms with Crippen molar-refractivity contribution in [1.82, 2.24) is 14.9 Å². The average molecular weight is 385 g/mol. The number of aromatic nitrogens is 2. The lowest BCUT2D eigenvalue weighted by molar-refractivity contribution is 0.0740. The Hall–Kier alpha value is -2.87. The van der Waals surface area contributed by atoms with Gasteiger partial charge in [0.15, 0.2) is 0 Å². The molecule has 0 atom stereocenters. The van der Waals surface area contributed by atoms with Gasteiger partial charge in [-0.3, -0.25) is 4.79 Å². The van der Waals surface area contributed by atoms with Gasteiger partial charge >= 0.3 is 0 Å². The van der Waals surface area contributed by atoms with Crippen molar-refractivity contribution in [2.45, 2.75) is 6.42 Å². The van der Waals surface area contributed by atoms with E-state index in [9.17, 15) is 4.79 Å². The minimum Gasteiger partial charge on any atom is -0.495 e. The molecule has 0 radical (unpaired) electrons. The van der Waals surface area contributed by atoms with Crippen LogP contribution in [0.15, 0.2) is 36.7 Å². The van der Waals surface area contributed by atoms with Crippen molar-refractivity contribution >= 4 is 17.4 Å². The summed E-state index contributed by atoms with van der Waals surface area (Å²) in [7, 11) is 3.35. The minimum atomic E-state index is -0.0851. The van der Waals surface area contributed by atoms with E-state index < -0.39 is 0 Å². The number of hydrogen-bond donors (Lipinski definition) is 1. The fraction of sp³-hybridized carbons (Fsp3) is 0.450. The number of para-hydroxylation sites is 2. The van der Waals surface area contributed by atoms with E-state index in [2.05, 4.69) is 20.2 Å². The second-order valence-corrected chi connectivity index (χ2v) is 6.51. The van der Waals surface area contributed by atoms with Crippen LogP contribution in [0.1, 0.15) is 16.9 Å². The largest absolute Gasteiger partial charge is 0.495 e. The third kappa shape index (κ3) is 4.89. The summed E-state index contributed by atoms with van der Waals surface area (Å²) in [5, 5.41) is 3.16. The smallest absolute Gasteiger partial charge is 0.274 e. The number of ether oxygens (including phenoxy) is 2. The zero-order valence-corrected chi connectivity index (χ0v) is 16.4. The van der Waals surface area contributed by atoms with Crippen molar-refractivity contribution in [3.05, 3.63) is 42.4 Å². The molecule has 1 saturated heterocycles. The molecule has 1 aliphatic rings. The summed E-state index contributed by atoms with van der Waals surface area (Å²) in [6, 6.07) is 7.94. The number of hydrogen-bond acceptors (Lipinski definition) is 7. The van der Waals surface area contributed by atoms with E-state index in [0.717, 1.165) is 37.5 Å². The highest BCUT2D eigenvalue weighted by Crippen LogP contribution is 2.28. The maximum atomic E-state index is 12.7. The number of rotatable bonds is 8. The van der Waals surface area contributed by atoms with Crippen LogP contribution in [0, 0.1) is 0 Å². The van der Waals surface area contributed by atoms with Crippen LogP contribution in [0.4, 0.5) is 11.5 Å². The molecule has 3 rings (SSSR count). The topological polar surface area (TPSA) is 79.8 Å². The van der Waals surface area contributed by atoms with Crippen LogP contribution in [0.5, 0.6) is 5.75 Å². The fourth-order valence-electron chi connectivity index (χ4n) is 3.17. The summed E-state index contributed by atoms with van der Waals surface area (Å²) >= 11 is 0. The number of anilines is 2. The van der Waals surface area contributed by atoms with Crippen molar-refractivity contribution in [1.29, 1.82) is 0 Å². The van der Waals surface area contributed by atoms with Crippen LogP contribution in [-0.4, -0.2) is 74.3 Å². The number of carbonyl (C=O) groups is 1. The number of carbonyl (C=O) groups excluding carboxylic acids is 1. The maximum absolute atomic E-state index is 12.7. The number of nitrogens with one attached hydrogen (secondary N) is 1. The maximum Gasteiger partial charge on any atom is 0.274 e. The molecule has 0 spiro atoms. The predicted molar refractivity (Wildman–Crippen MR) is 108 cm³/mol. The Balaban J connectivity index is 1.53. The van der Waals surface area contributed by atoms with E-state index in [1.807, 2.05) is 29.2 Å². The first-order valence-electron chi connectivity index (χ1n) is 9.45. The van der Waals surface area contributed by atoms with Crippen molar-refractivity contribution in [3.8, 4) is 5.75 Å². The van der Waals surface area contributed by atoms with Gasteiger partial charge in [0.2, 0.25) is 0 Å². The van der Waals surface area contributed by atoms with Crippen molar-refractivity contribution in [3.63, 3.8) is 0 Å². The molecule has 1 aromatic carbocycles. The number of amides is 1. The van der Waals surface area contributed by atoms with E-state index in [-0.39, 0.29) is 5.91 Å². The Morgan fingerprint density at radius 3 is 2.57 bits per heavy atom. The van der Waals surface area contributed by atoms with E-state index in [4.69, 9.17) is 9.47 Å². The van der Waals surface area contributed by atoms with Gasteiger partial charge in [-0.05, 0) is 18.6 Å². The summed E-state index contributed by atoms with van der Waals surface area (Å²) in [6.07, 6.45) is 4.02. The lowest BCUT2D eigenvalue weighted by Crippen LogP contribution is -2.49. The standard InChI is InChI=1S/C20H27N5O3/c1-27-13-5-8-21-19-15-22-16(14-23-19)20(26)25-11-9-24(10-12-25)17-6-3-4-7-18(17)28-2/h3-4,6-7,14-15H,5,8-13H2,1-2H3,(H,21,23). The van der Waals surface area contributed by atoms with Gasteiger partial charge in [-0.15, -0.1) is 0 Å². The van der Waals surface area contributed by atoms with Crippen molar-refractivity contribution in [2.24, 2.45) is 0 Å². The van der Waals surface area contributed by atoms with Crippen LogP contribution in [0.2, 0.25) is 0 Å². The van der Waals surface area contributed by atoms with Crippen LogP contribution < -0.4 is 15.0 Å². The Bertz CT molecular complexity index is 761. The molecule has 8 nitrogen and oxygen atoms in total. The summed E-state index contributed by atoms with van der Waals surface area (Å²) < 4.78 is 10.5. The molecular weight excluding hydrogens is 358 g/mol. The van der Waals surface area contributed by atoms with Gasteiger partial charge in [0.1, 0.15) is 17.3 Å². The Morgan fingerprint density at radius 2 is 1.89 bits per heavy atom. The third-order valence-corrected chi connectivity index (χ3v) is 4.70. The molecule has 1 N–H and O–H groups in total. The van der Waals surface area contributed by atoms with Crippen LogP contribution >= 0.6 is 0 Å². The van der Waals surface area contributed by atoms with E-state index in [0.29, 0.717) is 31.2 Å². The molecule has 1 amide bonds. The van der Waals surface area contributed by atoms with Gasteiger partial charge < -0.3 is 24.6 Å². The summed E-state index contributed by atoms with van der Waals surface area (Å²) in [5.74, 6) is 1.42. The molecule has 1 fully saturated rings. The Kier molecular flexibility index (Phi) is 7.02. The number of nitrogens with zero attached hydrogens (tertiary/aromatic N) is 4. The molecule has 2 heterocycles. The van der Waals surface area contributed by atoms with Crippen molar-refractivity contribution < 1.29 is 14.3 Å². The Labute approximate surface area is 165 Å². The zero-order valence-electron chi connectivity index (χ0n) is 16.4. The first kappa shape index (κ1) is 19.9. The molecular formula is C20H27N5O3. The van der Waals surface area contributed by atoms with E-state index in [1.54, 1.807) is 20.4 Å². The first-order valence-corrected chi connectivity index (χ1v) is 9.45. The second-order valence-electron chi connectivity index (χ2n) is 6.51. The fourth-order valence-corrected chi connectivity index (χ4v) is 3.17. The number of methoxy groups -OCH3 is 2. The molecule has 1 aromatic heterocycles. The average Bonchev–Trinajstić information content (AvgIpc) is 2.77. The highest BCUT2D eigenvalue weighted by molar-refractivity contribution is 5.92. The molecule has 1 aliphatic heterocycles. The van der Waals surface area contributed by atoms with E-state index >= 15 is 0 Å². The highest BCUT2D eigenvalue weighted by Gasteiger charge is 2.24. The first-order chi connectivity index (χ1) is 13.7. The molecule has 0 aliphatic carbocycles. The van der Waals surface area contributed by atoms with Crippen LogP contribution in [-0.2, 0) is 4.74 Å². The van der Waals surface area contributed by atoms with Crippen LogP contribution in [0.3, 0.4) is 0 Å². The van der Waals surface area contributed by atoms with Gasteiger partial charge in [-0.25, -0.2) is 9.97 Å². The highest BCUT2D eigenvalue weighted by atomic mass is 16.5. The van der Waals surface area contributed by atoms with Gasteiger partial charge in [0.05, 0.1) is 25.2 Å². The van der Waals surface area contributed by atoms with Crippen molar-refractivity contribution in [2.75, 3.05) is 63.8 Å². The lowest BCUT2D eigenvalue weighted by Gasteiger charge is -2.36. The molecule has 150 valence electrons. The second kappa shape index (κ2) is 9.89. The molecule has 0 bridgehead atoms. The Morgan fingerprint density at radius 1 is 1.11 bits per heavy atom. The molecule has 0 saturated carbocycles. The molecule has 2 aromatic rings. The third-order valence-electron chi connectivity index (χ3n) is 4.70. The molecule has 0 unspecified atom stereocenters. The van der Waals surface area contributed by atoms with Gasteiger partial charge in [0.25, 0.3) is 5.91 Å². The summed E-state index contributed by atoms with van der Waals surface area (Å²) in [6.45, 7) is 4.21. The quantitative estimate of drug-likeness (QED) is 0.695. The molecule has 28 heavy (non-hydrogen) atoms. The van der Waals surface area contributed by atoms with Gasteiger partial charge in [-0.1, -0.05) is 12.1 Å². The SMILES string of the molecule is COCCCNc1cnc(C(=O)N2CCN(c3ccccc3OC)CC2)cn1. The zero-order chi connectivity index (χ0) is 19.8. The predicted octanol–water partition coefficient (Wildman–Crippen LogP) is 1.90. The van der Waals surface area contributed by atoms with Gasteiger partial charge in [-0.2, -0.15) is 0 Å². The number of piperazine rings is 1. The normalized spacial score (nSPS) is 14.1. The minimum absolute atomic E-state index is 0.0851. The number of benzene rings is 1. The monoisotopic (exact) mass is 385 g/mol. The van der Waals surface area contributed by atoms with E-state index in [1.165, 1.54) is 6.20 Å². The lowest BCUT2D eigenvalue weighted by atomic mass is 10.2. The summed E-state index contributed by atoms with van der Waals surface area (Å²) in [5.41, 5.74) is 1.42. The van der Waals surface area contributed by atoms with Gasteiger partial charge in [0, 0.05) is 46.4 Å².